The van der Waals surface area contributed by atoms with Gasteiger partial charge in [-0.05, 0) is 18.2 Å². The number of aromatic hydroxyl groups is 1. The van der Waals surface area contributed by atoms with E-state index in [0.29, 0.717) is 5.56 Å². The van der Waals surface area contributed by atoms with E-state index in [4.69, 9.17) is 11.5 Å². The van der Waals surface area contributed by atoms with Crippen molar-refractivity contribution in [1.29, 1.82) is 0 Å². The molecule has 0 radical (unpaired) electrons. The van der Waals surface area contributed by atoms with Crippen LogP contribution in [0.2, 0.25) is 0 Å². The molecule has 0 amide bonds. The number of rotatable bonds is 2. The third kappa shape index (κ3) is 3.06. The Morgan fingerprint density at radius 2 is 2.14 bits per heavy atom. The Morgan fingerprint density at radius 3 is 2.79 bits per heavy atom. The summed E-state index contributed by atoms with van der Waals surface area (Å²) in [5, 5.41) is 16.2. The molecule has 14 heavy (non-hydrogen) atoms. The van der Waals surface area contributed by atoms with Crippen LogP contribution in [0.3, 0.4) is 0 Å². The summed E-state index contributed by atoms with van der Waals surface area (Å²) in [6.07, 6.45) is 1.43. The number of halogens is 1. The highest BCUT2D eigenvalue weighted by Gasteiger charge is 1.97. The minimum absolute atomic E-state index is 0.113. The number of phenols is 1. The van der Waals surface area contributed by atoms with Crippen molar-refractivity contribution in [3.05, 3.63) is 28.2 Å². The monoisotopic (exact) mass is 256 g/mol. The van der Waals surface area contributed by atoms with Gasteiger partial charge in [0.1, 0.15) is 5.75 Å². The molecular formula is C8H9BrN4O. The van der Waals surface area contributed by atoms with Crippen LogP contribution in [0.4, 0.5) is 0 Å². The summed E-state index contributed by atoms with van der Waals surface area (Å²) in [5.74, 6) is 0.0388. The van der Waals surface area contributed by atoms with Gasteiger partial charge in [0, 0.05) is 10.0 Å². The lowest BCUT2D eigenvalue weighted by Crippen LogP contribution is -2.21. The molecule has 0 unspecified atom stereocenters. The van der Waals surface area contributed by atoms with Crippen LogP contribution < -0.4 is 11.5 Å². The maximum atomic E-state index is 9.18. The van der Waals surface area contributed by atoms with Crippen molar-refractivity contribution < 1.29 is 5.11 Å². The normalized spacial score (nSPS) is 10.4. The van der Waals surface area contributed by atoms with Gasteiger partial charge in [-0.25, -0.2) is 0 Å². The number of nitrogens with zero attached hydrogens (tertiary/aromatic N) is 2. The first-order chi connectivity index (χ1) is 6.59. The molecule has 6 heteroatoms. The molecule has 5 nitrogen and oxygen atoms in total. The molecule has 0 atom stereocenters. The Hall–Kier alpha value is -1.56. The fourth-order valence-corrected chi connectivity index (χ4v) is 1.14. The van der Waals surface area contributed by atoms with Gasteiger partial charge in [0.15, 0.2) is 0 Å². The minimum Gasteiger partial charge on any atom is -0.508 e. The fraction of sp³-hybridized carbons (Fsp3) is 0. The first kappa shape index (κ1) is 10.5. The van der Waals surface area contributed by atoms with E-state index in [0.717, 1.165) is 4.47 Å². The predicted molar refractivity (Wildman–Crippen MR) is 59.2 cm³/mol. The highest BCUT2D eigenvalue weighted by atomic mass is 79.9. The summed E-state index contributed by atoms with van der Waals surface area (Å²) >= 11 is 3.28. The number of benzene rings is 1. The van der Waals surface area contributed by atoms with E-state index in [1.54, 1.807) is 12.1 Å². The van der Waals surface area contributed by atoms with Crippen molar-refractivity contribution in [3.63, 3.8) is 0 Å². The molecule has 0 spiro atoms. The molecule has 0 bridgehead atoms. The minimum atomic E-state index is -0.113. The highest BCUT2D eigenvalue weighted by molar-refractivity contribution is 9.10. The molecule has 0 saturated heterocycles. The third-order valence-electron chi connectivity index (χ3n) is 1.35. The van der Waals surface area contributed by atoms with E-state index in [1.807, 2.05) is 0 Å². The molecule has 0 heterocycles. The Bertz CT molecular complexity index is 385. The number of nitrogens with two attached hydrogens (primary N) is 2. The average Bonchev–Trinajstić information content (AvgIpc) is 2.10. The highest BCUT2D eigenvalue weighted by Crippen LogP contribution is 2.19. The molecule has 0 saturated carbocycles. The van der Waals surface area contributed by atoms with Crippen LogP contribution in [0, 0.1) is 0 Å². The van der Waals surface area contributed by atoms with Crippen LogP contribution in [0.25, 0.3) is 0 Å². The smallest absolute Gasteiger partial charge is 0.211 e. The summed E-state index contributed by atoms with van der Waals surface area (Å²) in [6.45, 7) is 0. The molecule has 0 aromatic heterocycles. The van der Waals surface area contributed by atoms with Crippen LogP contribution in [0.5, 0.6) is 5.75 Å². The molecule has 1 aromatic rings. The lowest BCUT2D eigenvalue weighted by Gasteiger charge is -1.97. The van der Waals surface area contributed by atoms with Crippen LogP contribution >= 0.6 is 15.9 Å². The fourth-order valence-electron chi connectivity index (χ4n) is 0.788. The molecule has 0 aliphatic rings. The summed E-state index contributed by atoms with van der Waals surface area (Å²) in [4.78, 5) is 0. The van der Waals surface area contributed by atoms with Gasteiger partial charge in [-0.15, -0.1) is 5.10 Å². The van der Waals surface area contributed by atoms with E-state index in [-0.39, 0.29) is 11.7 Å². The molecular weight excluding hydrogens is 248 g/mol. The maximum Gasteiger partial charge on any atom is 0.211 e. The van der Waals surface area contributed by atoms with Crippen LogP contribution in [0.1, 0.15) is 5.56 Å². The van der Waals surface area contributed by atoms with Crippen LogP contribution in [0.15, 0.2) is 32.9 Å². The Morgan fingerprint density at radius 1 is 1.43 bits per heavy atom. The summed E-state index contributed by atoms with van der Waals surface area (Å²) in [5.41, 5.74) is 10.8. The van der Waals surface area contributed by atoms with Gasteiger partial charge < -0.3 is 16.6 Å². The molecule has 5 N–H and O–H groups in total. The van der Waals surface area contributed by atoms with E-state index in [9.17, 15) is 5.11 Å². The zero-order chi connectivity index (χ0) is 10.6. The van der Waals surface area contributed by atoms with Crippen molar-refractivity contribution in [2.24, 2.45) is 21.7 Å². The van der Waals surface area contributed by atoms with Crippen molar-refractivity contribution in [2.75, 3.05) is 0 Å². The van der Waals surface area contributed by atoms with Crippen molar-refractivity contribution in [2.45, 2.75) is 0 Å². The molecule has 1 aromatic carbocycles. The first-order valence-corrected chi connectivity index (χ1v) is 4.49. The lowest BCUT2D eigenvalue weighted by atomic mass is 10.2. The molecule has 74 valence electrons. The Kier molecular flexibility index (Phi) is 3.47. The van der Waals surface area contributed by atoms with Gasteiger partial charge >= 0.3 is 0 Å². The van der Waals surface area contributed by atoms with Crippen molar-refractivity contribution in [1.82, 2.24) is 0 Å². The van der Waals surface area contributed by atoms with E-state index >= 15 is 0 Å². The first-order valence-electron chi connectivity index (χ1n) is 3.70. The van der Waals surface area contributed by atoms with E-state index in [2.05, 4.69) is 26.1 Å². The number of hydrogen-bond acceptors (Lipinski definition) is 3. The van der Waals surface area contributed by atoms with Crippen LogP contribution in [-0.4, -0.2) is 17.3 Å². The largest absolute Gasteiger partial charge is 0.508 e. The SMILES string of the molecule is NC(N)=N/N=C/c1cc(O)ccc1Br. The molecule has 1 rings (SSSR count). The topological polar surface area (TPSA) is 97.0 Å². The molecule has 0 fully saturated rings. The van der Waals surface area contributed by atoms with Gasteiger partial charge in [-0.2, -0.15) is 5.10 Å². The second kappa shape index (κ2) is 4.61. The summed E-state index contributed by atoms with van der Waals surface area (Å²) < 4.78 is 0.796. The van der Waals surface area contributed by atoms with Gasteiger partial charge in [-0.3, -0.25) is 0 Å². The predicted octanol–water partition coefficient (Wildman–Crippen LogP) is 0.762. The maximum absolute atomic E-state index is 9.18. The number of guanidine groups is 1. The van der Waals surface area contributed by atoms with Crippen LogP contribution in [-0.2, 0) is 0 Å². The quantitative estimate of drug-likeness (QED) is 0.414. The number of phenolic OH excluding ortho intramolecular Hbond substituents is 1. The van der Waals surface area contributed by atoms with E-state index in [1.165, 1.54) is 12.3 Å². The van der Waals surface area contributed by atoms with Crippen molar-refractivity contribution >= 4 is 28.1 Å². The zero-order valence-corrected chi connectivity index (χ0v) is 8.77. The van der Waals surface area contributed by atoms with Gasteiger partial charge in [0.25, 0.3) is 0 Å². The van der Waals surface area contributed by atoms with Gasteiger partial charge in [0.2, 0.25) is 5.96 Å². The van der Waals surface area contributed by atoms with Gasteiger partial charge in [0.05, 0.1) is 6.21 Å². The summed E-state index contributed by atoms with van der Waals surface area (Å²) in [6, 6.07) is 4.80. The number of hydrogen-bond donors (Lipinski definition) is 3. The zero-order valence-electron chi connectivity index (χ0n) is 7.18. The Balaban J connectivity index is 2.91. The lowest BCUT2D eigenvalue weighted by molar-refractivity contribution is 0.475. The average molecular weight is 257 g/mol. The second-order valence-electron chi connectivity index (χ2n) is 2.48. The Labute approximate surface area is 89.3 Å². The van der Waals surface area contributed by atoms with Crippen molar-refractivity contribution in [3.8, 4) is 5.75 Å². The standard InChI is InChI=1S/C8H9BrN4O/c9-7-2-1-6(14)3-5(7)4-12-13-8(10)11/h1-4,14H,(H4,10,11,13)/b12-4+. The third-order valence-corrected chi connectivity index (χ3v) is 2.07. The second-order valence-corrected chi connectivity index (χ2v) is 3.33. The van der Waals surface area contributed by atoms with E-state index < -0.39 is 0 Å². The van der Waals surface area contributed by atoms with Gasteiger partial charge in [-0.1, -0.05) is 15.9 Å². The molecule has 0 aliphatic heterocycles. The summed E-state index contributed by atoms with van der Waals surface area (Å²) in [7, 11) is 0. The molecule has 0 aliphatic carbocycles.